The molecule has 7 nitrogen and oxygen atoms in total. The molecule has 4 rings (SSSR count). The van der Waals surface area contributed by atoms with Gasteiger partial charge in [-0.1, -0.05) is 66.7 Å². The fourth-order valence-corrected chi connectivity index (χ4v) is 5.71. The topological polar surface area (TPSA) is 116 Å². The third-order valence-electron chi connectivity index (χ3n) is 6.39. The third-order valence-corrected chi connectivity index (χ3v) is 7.85. The van der Waals surface area contributed by atoms with Crippen LogP contribution >= 0.6 is 0 Å². The molecule has 1 amide bonds. The van der Waals surface area contributed by atoms with Crippen LogP contribution in [0.1, 0.15) is 29.2 Å². The van der Waals surface area contributed by atoms with E-state index in [0.717, 1.165) is 28.8 Å². The average molecular weight is 513 g/mol. The highest BCUT2D eigenvalue weighted by Gasteiger charge is 2.34. The molecule has 0 aliphatic heterocycles. The molecule has 9 heteroatoms. The van der Waals surface area contributed by atoms with Crippen LogP contribution in [0.2, 0.25) is 0 Å². The minimum Gasteiger partial charge on any atom is -0.392 e. The van der Waals surface area contributed by atoms with Gasteiger partial charge in [0.15, 0.2) is 0 Å². The first-order valence-corrected chi connectivity index (χ1v) is 13.3. The Bertz CT molecular complexity index is 1300. The van der Waals surface area contributed by atoms with Crippen LogP contribution in [-0.2, 0) is 27.7 Å². The molecule has 0 heterocycles. The number of fused-ring (bicyclic) bond motifs is 1. The van der Waals surface area contributed by atoms with Crippen LogP contribution < -0.4 is 10.0 Å². The summed E-state index contributed by atoms with van der Waals surface area (Å²) in [5.41, 5.74) is 2.71. The van der Waals surface area contributed by atoms with Gasteiger partial charge >= 0.3 is 0 Å². The molecule has 1 aliphatic rings. The largest absolute Gasteiger partial charge is 0.392 e. The zero-order valence-corrected chi connectivity index (χ0v) is 20.4. The summed E-state index contributed by atoms with van der Waals surface area (Å²) >= 11 is 0. The first kappa shape index (κ1) is 26.0. The normalized spacial score (nSPS) is 18.9. The van der Waals surface area contributed by atoms with Gasteiger partial charge < -0.3 is 15.5 Å². The molecule has 0 radical (unpaired) electrons. The summed E-state index contributed by atoms with van der Waals surface area (Å²) < 4.78 is 41.1. The van der Waals surface area contributed by atoms with Gasteiger partial charge in [-0.25, -0.2) is 17.5 Å². The predicted molar refractivity (Wildman–Crippen MR) is 133 cm³/mol. The van der Waals surface area contributed by atoms with Gasteiger partial charge in [-0.2, -0.15) is 0 Å². The van der Waals surface area contributed by atoms with Crippen LogP contribution in [0.4, 0.5) is 4.39 Å². The zero-order chi connectivity index (χ0) is 25.7. The van der Waals surface area contributed by atoms with Gasteiger partial charge in [0.25, 0.3) is 0 Å². The predicted octanol–water partition coefficient (Wildman–Crippen LogP) is 2.49. The van der Waals surface area contributed by atoms with Crippen molar-refractivity contribution in [3.05, 3.63) is 101 Å². The zero-order valence-electron chi connectivity index (χ0n) is 19.5. The van der Waals surface area contributed by atoms with E-state index in [2.05, 4.69) is 10.0 Å². The molecule has 190 valence electrons. The lowest BCUT2D eigenvalue weighted by molar-refractivity contribution is -0.127. The highest BCUT2D eigenvalue weighted by molar-refractivity contribution is 7.89. The second kappa shape index (κ2) is 11.3. The number of carbonyl (C=O) groups is 1. The maximum Gasteiger partial charge on any atom is 0.243 e. The Kier molecular flexibility index (Phi) is 8.15. The van der Waals surface area contributed by atoms with Crippen molar-refractivity contribution in [3.8, 4) is 0 Å². The summed E-state index contributed by atoms with van der Waals surface area (Å²) in [5.74, 6) is -1.94. The Balaban J connectivity index is 1.46. The minimum absolute atomic E-state index is 0.0367. The van der Waals surface area contributed by atoms with Gasteiger partial charge in [-0.3, -0.25) is 4.79 Å². The first-order chi connectivity index (χ1) is 17.2. The van der Waals surface area contributed by atoms with Crippen LogP contribution in [0.25, 0.3) is 0 Å². The van der Waals surface area contributed by atoms with E-state index in [4.69, 9.17) is 0 Å². The van der Waals surface area contributed by atoms with E-state index in [-0.39, 0.29) is 18.9 Å². The number of aliphatic hydroxyl groups excluding tert-OH is 2. The number of hydrogen-bond donors (Lipinski definition) is 4. The number of sulfonamides is 1. The molecule has 0 fully saturated rings. The fourth-order valence-electron chi connectivity index (χ4n) is 4.56. The van der Waals surface area contributed by atoms with E-state index >= 15 is 0 Å². The Morgan fingerprint density at radius 2 is 1.67 bits per heavy atom. The summed E-state index contributed by atoms with van der Waals surface area (Å²) in [6.45, 7) is -0.385. The van der Waals surface area contributed by atoms with Gasteiger partial charge in [0, 0.05) is 18.9 Å². The lowest BCUT2D eigenvalue weighted by Crippen LogP contribution is -2.41. The van der Waals surface area contributed by atoms with Crippen molar-refractivity contribution >= 4 is 15.9 Å². The number of amides is 1. The fraction of sp³-hybridized carbons (Fsp3) is 0.296. The molecule has 3 aromatic rings. The van der Waals surface area contributed by atoms with Crippen molar-refractivity contribution in [2.45, 2.75) is 42.4 Å². The average Bonchev–Trinajstić information content (AvgIpc) is 3.18. The SMILES string of the molecule is O=C(NC1c2ccccc2CC1O)C(Cc1ccccc1)CC(O)CNS(=O)(=O)c1ccccc1F. The summed E-state index contributed by atoms with van der Waals surface area (Å²) in [6.07, 6.45) is -1.25. The molecule has 0 bridgehead atoms. The number of halogens is 1. The maximum atomic E-state index is 13.9. The Morgan fingerprint density at radius 3 is 2.42 bits per heavy atom. The molecule has 4 N–H and O–H groups in total. The number of rotatable bonds is 10. The van der Waals surface area contributed by atoms with Crippen molar-refractivity contribution in [1.82, 2.24) is 10.0 Å². The van der Waals surface area contributed by atoms with E-state index < -0.39 is 44.9 Å². The van der Waals surface area contributed by atoms with Crippen LogP contribution in [0.5, 0.6) is 0 Å². The number of benzene rings is 3. The van der Waals surface area contributed by atoms with Gasteiger partial charge in [-0.05, 0) is 41.7 Å². The van der Waals surface area contributed by atoms with Gasteiger partial charge in [0.1, 0.15) is 10.7 Å². The lowest BCUT2D eigenvalue weighted by atomic mass is 9.92. The summed E-state index contributed by atoms with van der Waals surface area (Å²) in [4.78, 5) is 12.8. The molecule has 4 unspecified atom stereocenters. The monoisotopic (exact) mass is 512 g/mol. The maximum absolute atomic E-state index is 13.9. The quantitative estimate of drug-likeness (QED) is 0.333. The second-order valence-electron chi connectivity index (χ2n) is 9.02. The summed E-state index contributed by atoms with van der Waals surface area (Å²) in [5, 5.41) is 24.1. The minimum atomic E-state index is -4.18. The van der Waals surface area contributed by atoms with Gasteiger partial charge in [0.05, 0.1) is 18.2 Å². The summed E-state index contributed by atoms with van der Waals surface area (Å²) in [6, 6.07) is 21.2. The Morgan fingerprint density at radius 1 is 1.00 bits per heavy atom. The van der Waals surface area contributed by atoms with Crippen LogP contribution in [0, 0.1) is 11.7 Å². The molecule has 1 aliphatic carbocycles. The van der Waals surface area contributed by atoms with Crippen LogP contribution in [0.3, 0.4) is 0 Å². The first-order valence-electron chi connectivity index (χ1n) is 11.8. The number of aliphatic hydroxyl groups is 2. The van der Waals surface area contributed by atoms with E-state index in [1.807, 2.05) is 54.6 Å². The molecule has 0 saturated carbocycles. The highest BCUT2D eigenvalue weighted by atomic mass is 32.2. The standard InChI is InChI=1S/C27H29FN2O5S/c28-23-12-6-7-13-25(23)36(34,35)29-17-21(31)15-20(14-18-8-2-1-3-9-18)27(33)30-26-22-11-5-4-10-19(22)16-24(26)32/h1-13,20-21,24,26,29,31-32H,14-17H2,(H,30,33). The highest BCUT2D eigenvalue weighted by Crippen LogP contribution is 2.32. The van der Waals surface area contributed by atoms with Gasteiger partial charge in [0.2, 0.25) is 15.9 Å². The number of nitrogens with one attached hydrogen (secondary N) is 2. The van der Waals surface area contributed by atoms with E-state index in [0.29, 0.717) is 12.8 Å². The van der Waals surface area contributed by atoms with Crippen molar-refractivity contribution in [2.75, 3.05) is 6.54 Å². The van der Waals surface area contributed by atoms with Crippen LogP contribution in [-0.4, -0.2) is 43.3 Å². The molecule has 3 aromatic carbocycles. The van der Waals surface area contributed by atoms with Crippen LogP contribution in [0.15, 0.2) is 83.8 Å². The van der Waals surface area contributed by atoms with Crippen molar-refractivity contribution in [2.24, 2.45) is 5.92 Å². The Hall–Kier alpha value is -3.11. The molecule has 36 heavy (non-hydrogen) atoms. The van der Waals surface area contributed by atoms with Crippen molar-refractivity contribution in [3.63, 3.8) is 0 Å². The smallest absolute Gasteiger partial charge is 0.243 e. The van der Waals surface area contributed by atoms with Crippen molar-refractivity contribution < 1.29 is 27.8 Å². The molecule has 0 spiro atoms. The lowest BCUT2D eigenvalue weighted by Gasteiger charge is -2.24. The summed E-state index contributed by atoms with van der Waals surface area (Å²) in [7, 11) is -4.18. The second-order valence-corrected chi connectivity index (χ2v) is 10.8. The van der Waals surface area contributed by atoms with Crippen molar-refractivity contribution in [1.29, 1.82) is 0 Å². The third kappa shape index (κ3) is 6.17. The molecule has 0 saturated heterocycles. The Labute approximate surface area is 210 Å². The molecule has 0 aromatic heterocycles. The number of carbonyl (C=O) groups excluding carboxylic acids is 1. The molecular weight excluding hydrogens is 483 g/mol. The molecule has 4 atom stereocenters. The van der Waals surface area contributed by atoms with E-state index in [9.17, 15) is 27.8 Å². The van der Waals surface area contributed by atoms with E-state index in [1.54, 1.807) is 0 Å². The van der Waals surface area contributed by atoms with E-state index in [1.165, 1.54) is 12.1 Å². The molecular formula is C27H29FN2O5S. The van der Waals surface area contributed by atoms with Gasteiger partial charge in [-0.15, -0.1) is 0 Å². The number of hydrogen-bond acceptors (Lipinski definition) is 5.